The van der Waals surface area contributed by atoms with Gasteiger partial charge in [0, 0.05) is 25.7 Å². The van der Waals surface area contributed by atoms with Crippen molar-refractivity contribution in [1.29, 1.82) is 0 Å². The standard InChI is InChI=1S/C18H31N7O3/c26-13-15-5-6-16(25(15)18(27)19-14-3-1-2-4-14)17-20-21-22-24(17)8-7-23-9-11-28-12-10-23/h14-16,26H,1-13H2,(H,19,27)/t15-,16+/m0/s1. The molecule has 4 rings (SSSR count). The van der Waals surface area contributed by atoms with Gasteiger partial charge in [-0.25, -0.2) is 9.48 Å². The van der Waals surface area contributed by atoms with E-state index in [9.17, 15) is 9.90 Å². The number of ether oxygens (including phenoxy) is 1. The minimum atomic E-state index is -0.196. The molecule has 0 radical (unpaired) electrons. The zero-order valence-electron chi connectivity index (χ0n) is 16.4. The van der Waals surface area contributed by atoms with Crippen molar-refractivity contribution in [2.75, 3.05) is 39.5 Å². The van der Waals surface area contributed by atoms with Gasteiger partial charge in [-0.2, -0.15) is 0 Å². The third-order valence-corrected chi connectivity index (χ3v) is 6.22. The fourth-order valence-electron chi connectivity index (χ4n) is 4.61. The van der Waals surface area contributed by atoms with Crippen LogP contribution >= 0.6 is 0 Å². The molecule has 10 nitrogen and oxygen atoms in total. The molecule has 0 aromatic carbocycles. The molecular weight excluding hydrogens is 362 g/mol. The molecule has 0 bridgehead atoms. The van der Waals surface area contributed by atoms with Crippen molar-refractivity contribution in [3.8, 4) is 0 Å². The van der Waals surface area contributed by atoms with E-state index >= 15 is 0 Å². The molecule has 2 saturated heterocycles. The lowest BCUT2D eigenvalue weighted by atomic mass is 10.2. The molecular formula is C18H31N7O3. The highest BCUT2D eigenvalue weighted by molar-refractivity contribution is 5.75. The molecule has 0 spiro atoms. The van der Waals surface area contributed by atoms with Gasteiger partial charge in [0.2, 0.25) is 0 Å². The molecule has 2 atom stereocenters. The molecule has 10 heteroatoms. The number of nitrogens with zero attached hydrogens (tertiary/aromatic N) is 6. The van der Waals surface area contributed by atoms with Crippen LogP contribution in [-0.4, -0.2) is 92.7 Å². The summed E-state index contributed by atoms with van der Waals surface area (Å²) in [5.74, 6) is 0.714. The van der Waals surface area contributed by atoms with Crippen LogP contribution < -0.4 is 5.32 Å². The van der Waals surface area contributed by atoms with Gasteiger partial charge in [-0.15, -0.1) is 5.10 Å². The van der Waals surface area contributed by atoms with E-state index in [0.717, 1.165) is 71.4 Å². The van der Waals surface area contributed by atoms with Crippen molar-refractivity contribution < 1.29 is 14.6 Å². The van der Waals surface area contributed by atoms with E-state index in [1.807, 2.05) is 4.68 Å². The number of rotatable bonds is 6. The second kappa shape index (κ2) is 9.15. The predicted octanol–water partition coefficient (Wildman–Crippen LogP) is 0.155. The van der Waals surface area contributed by atoms with Gasteiger partial charge in [0.15, 0.2) is 5.82 Å². The first kappa shape index (κ1) is 19.5. The highest BCUT2D eigenvalue weighted by Gasteiger charge is 2.41. The number of aliphatic hydroxyl groups excluding tert-OH is 1. The molecule has 2 N–H and O–H groups in total. The molecule has 0 unspecified atom stereocenters. The number of hydrogen-bond donors (Lipinski definition) is 2. The maximum atomic E-state index is 13.0. The molecule has 28 heavy (non-hydrogen) atoms. The average Bonchev–Trinajstić information content (AvgIpc) is 3.46. The minimum absolute atomic E-state index is 0.0378. The Kier molecular flexibility index (Phi) is 6.38. The lowest BCUT2D eigenvalue weighted by Gasteiger charge is -2.30. The number of likely N-dealkylation sites (tertiary alicyclic amines) is 1. The second-order valence-electron chi connectivity index (χ2n) is 7.98. The summed E-state index contributed by atoms with van der Waals surface area (Å²) in [5.41, 5.74) is 0. The Morgan fingerprint density at radius 1 is 1.14 bits per heavy atom. The number of morpholine rings is 1. The quantitative estimate of drug-likeness (QED) is 0.708. The van der Waals surface area contributed by atoms with Crippen molar-refractivity contribution in [3.05, 3.63) is 5.82 Å². The van der Waals surface area contributed by atoms with Crippen molar-refractivity contribution in [1.82, 2.24) is 35.3 Å². The summed E-state index contributed by atoms with van der Waals surface area (Å²) in [6.45, 7) is 4.86. The molecule has 3 fully saturated rings. The molecule has 156 valence electrons. The lowest BCUT2D eigenvalue weighted by molar-refractivity contribution is 0.0356. The van der Waals surface area contributed by atoms with Crippen LogP contribution in [-0.2, 0) is 11.3 Å². The molecule has 3 aliphatic rings. The van der Waals surface area contributed by atoms with Crippen LogP contribution in [0, 0.1) is 0 Å². The van der Waals surface area contributed by atoms with Crippen LogP contribution in [0.1, 0.15) is 50.4 Å². The number of carbonyl (C=O) groups excluding carboxylic acids is 1. The van der Waals surface area contributed by atoms with E-state index in [0.29, 0.717) is 12.4 Å². The number of hydrogen-bond acceptors (Lipinski definition) is 7. The van der Waals surface area contributed by atoms with Crippen molar-refractivity contribution in [3.63, 3.8) is 0 Å². The molecule has 2 amide bonds. The average molecular weight is 393 g/mol. The van der Waals surface area contributed by atoms with Crippen LogP contribution in [0.15, 0.2) is 0 Å². The molecule has 1 aromatic heterocycles. The third-order valence-electron chi connectivity index (χ3n) is 6.22. The summed E-state index contributed by atoms with van der Waals surface area (Å²) in [5, 5.41) is 25.3. The third kappa shape index (κ3) is 4.28. The summed E-state index contributed by atoms with van der Waals surface area (Å²) in [7, 11) is 0. The van der Waals surface area contributed by atoms with Crippen LogP contribution in [0.5, 0.6) is 0 Å². The van der Waals surface area contributed by atoms with E-state index in [-0.39, 0.29) is 30.8 Å². The Morgan fingerprint density at radius 3 is 2.68 bits per heavy atom. The maximum absolute atomic E-state index is 13.0. The topological polar surface area (TPSA) is 109 Å². The highest BCUT2D eigenvalue weighted by atomic mass is 16.5. The zero-order chi connectivity index (χ0) is 19.3. The summed E-state index contributed by atoms with van der Waals surface area (Å²) in [6, 6.07) is -0.240. The first-order valence-electron chi connectivity index (χ1n) is 10.5. The predicted molar refractivity (Wildman–Crippen MR) is 101 cm³/mol. The van der Waals surface area contributed by atoms with Gasteiger partial charge in [-0.05, 0) is 36.1 Å². The number of amides is 2. The van der Waals surface area contributed by atoms with Crippen molar-refractivity contribution in [2.24, 2.45) is 0 Å². The van der Waals surface area contributed by atoms with E-state index in [1.165, 1.54) is 0 Å². The lowest BCUT2D eigenvalue weighted by Crippen LogP contribution is -2.48. The number of urea groups is 1. The smallest absolute Gasteiger partial charge is 0.318 e. The molecule has 2 aliphatic heterocycles. The fraction of sp³-hybridized carbons (Fsp3) is 0.889. The first-order valence-corrected chi connectivity index (χ1v) is 10.5. The van der Waals surface area contributed by atoms with Gasteiger partial charge < -0.3 is 20.1 Å². The molecule has 1 aliphatic carbocycles. The van der Waals surface area contributed by atoms with Crippen molar-refractivity contribution >= 4 is 6.03 Å². The van der Waals surface area contributed by atoms with Gasteiger partial charge in [-0.1, -0.05) is 12.8 Å². The Morgan fingerprint density at radius 2 is 1.93 bits per heavy atom. The van der Waals surface area contributed by atoms with Gasteiger partial charge in [-0.3, -0.25) is 4.90 Å². The number of tetrazole rings is 1. The Hall–Kier alpha value is -1.78. The zero-order valence-corrected chi connectivity index (χ0v) is 16.4. The normalized spacial score (nSPS) is 26.8. The van der Waals surface area contributed by atoms with Gasteiger partial charge in [0.1, 0.15) is 0 Å². The van der Waals surface area contributed by atoms with E-state index in [2.05, 4.69) is 25.7 Å². The SMILES string of the molecule is O=C(NC1CCCC1)N1[C@H](CO)CC[C@@H]1c1nnnn1CCN1CCOCC1. The number of nitrogens with one attached hydrogen (secondary N) is 1. The second-order valence-corrected chi connectivity index (χ2v) is 7.98. The van der Waals surface area contributed by atoms with Gasteiger partial charge >= 0.3 is 6.03 Å². The van der Waals surface area contributed by atoms with E-state index in [4.69, 9.17) is 4.74 Å². The number of carbonyl (C=O) groups is 1. The van der Waals surface area contributed by atoms with Crippen LogP contribution in [0.25, 0.3) is 0 Å². The summed E-state index contributed by atoms with van der Waals surface area (Å²) >= 11 is 0. The summed E-state index contributed by atoms with van der Waals surface area (Å²) in [6.07, 6.45) is 5.92. The number of aromatic nitrogens is 4. The maximum Gasteiger partial charge on any atom is 0.318 e. The van der Waals surface area contributed by atoms with Crippen LogP contribution in [0.2, 0.25) is 0 Å². The summed E-state index contributed by atoms with van der Waals surface area (Å²) < 4.78 is 7.21. The van der Waals surface area contributed by atoms with E-state index in [1.54, 1.807) is 4.90 Å². The monoisotopic (exact) mass is 393 g/mol. The molecule has 3 heterocycles. The van der Waals surface area contributed by atoms with E-state index < -0.39 is 0 Å². The Balaban J connectivity index is 1.44. The summed E-state index contributed by atoms with van der Waals surface area (Å²) in [4.78, 5) is 17.1. The molecule has 1 saturated carbocycles. The van der Waals surface area contributed by atoms with Crippen LogP contribution in [0.4, 0.5) is 4.79 Å². The molecule has 1 aromatic rings. The fourth-order valence-corrected chi connectivity index (χ4v) is 4.61. The van der Waals surface area contributed by atoms with Gasteiger partial charge in [0.25, 0.3) is 0 Å². The first-order chi connectivity index (χ1) is 13.8. The minimum Gasteiger partial charge on any atom is -0.394 e. The van der Waals surface area contributed by atoms with Gasteiger partial charge in [0.05, 0.1) is 38.4 Å². The van der Waals surface area contributed by atoms with Crippen molar-refractivity contribution in [2.45, 2.75) is 63.2 Å². The largest absolute Gasteiger partial charge is 0.394 e. The Labute approximate surface area is 165 Å². The highest BCUT2D eigenvalue weighted by Crippen LogP contribution is 2.35. The van der Waals surface area contributed by atoms with Crippen LogP contribution in [0.3, 0.4) is 0 Å². The number of aliphatic hydroxyl groups is 1. The Bertz CT molecular complexity index is 643.